The van der Waals surface area contributed by atoms with Gasteiger partial charge in [0, 0.05) is 19.5 Å². The van der Waals surface area contributed by atoms with Crippen LogP contribution < -0.4 is 0 Å². The van der Waals surface area contributed by atoms with Gasteiger partial charge in [-0.25, -0.2) is 0 Å². The largest absolute Gasteiger partial charge is 0.481 e. The highest BCUT2D eigenvalue weighted by molar-refractivity contribution is 5.77. The number of rotatable bonds is 4. The zero-order valence-electron chi connectivity index (χ0n) is 10.2. The molecule has 5 nitrogen and oxygen atoms in total. The molecule has 1 fully saturated rings. The normalized spacial score (nSPS) is 16.8. The summed E-state index contributed by atoms with van der Waals surface area (Å²) < 4.78 is 4.94. The van der Waals surface area contributed by atoms with E-state index in [0.717, 1.165) is 5.56 Å². The summed E-state index contributed by atoms with van der Waals surface area (Å²) in [5, 5.41) is 8.88. The van der Waals surface area contributed by atoms with Crippen LogP contribution in [0, 0.1) is 5.92 Å². The number of furan rings is 1. The fourth-order valence-electron chi connectivity index (χ4n) is 2.22. The van der Waals surface area contributed by atoms with E-state index in [4.69, 9.17) is 9.52 Å². The first-order chi connectivity index (χ1) is 8.66. The second-order valence-corrected chi connectivity index (χ2v) is 4.62. The van der Waals surface area contributed by atoms with Crippen LogP contribution in [0.2, 0.25) is 0 Å². The topological polar surface area (TPSA) is 70.8 Å². The van der Waals surface area contributed by atoms with Gasteiger partial charge >= 0.3 is 5.97 Å². The smallest absolute Gasteiger partial charge is 0.306 e. The molecule has 2 rings (SSSR count). The molecular weight excluding hydrogens is 234 g/mol. The molecule has 0 aromatic carbocycles. The minimum Gasteiger partial charge on any atom is -0.481 e. The number of hydrogen-bond donors (Lipinski definition) is 1. The van der Waals surface area contributed by atoms with Gasteiger partial charge in [0.15, 0.2) is 0 Å². The van der Waals surface area contributed by atoms with Crippen molar-refractivity contribution in [3.05, 3.63) is 24.2 Å². The summed E-state index contributed by atoms with van der Waals surface area (Å²) in [5.41, 5.74) is 1.02. The molecule has 0 atom stereocenters. The number of hydrogen-bond acceptors (Lipinski definition) is 3. The monoisotopic (exact) mass is 251 g/mol. The van der Waals surface area contributed by atoms with Crippen LogP contribution in [-0.2, 0) is 16.0 Å². The van der Waals surface area contributed by atoms with Crippen LogP contribution in [-0.4, -0.2) is 35.0 Å². The fraction of sp³-hybridized carbons (Fsp3) is 0.538. The molecule has 1 aliphatic heterocycles. The van der Waals surface area contributed by atoms with Crippen molar-refractivity contribution < 1.29 is 19.1 Å². The van der Waals surface area contributed by atoms with E-state index >= 15 is 0 Å². The van der Waals surface area contributed by atoms with Crippen molar-refractivity contribution in [1.82, 2.24) is 4.90 Å². The van der Waals surface area contributed by atoms with E-state index in [1.54, 1.807) is 17.4 Å². The first-order valence-corrected chi connectivity index (χ1v) is 6.18. The quantitative estimate of drug-likeness (QED) is 0.881. The lowest BCUT2D eigenvalue weighted by Crippen LogP contribution is -2.40. The van der Waals surface area contributed by atoms with E-state index in [1.807, 2.05) is 6.07 Å². The van der Waals surface area contributed by atoms with Crippen LogP contribution in [0.4, 0.5) is 0 Å². The van der Waals surface area contributed by atoms with E-state index < -0.39 is 5.97 Å². The molecule has 98 valence electrons. The summed E-state index contributed by atoms with van der Waals surface area (Å²) in [5.74, 6) is -0.941. The molecule has 18 heavy (non-hydrogen) atoms. The highest BCUT2D eigenvalue weighted by Gasteiger charge is 2.26. The number of carboxylic acid groups (broad SMARTS) is 1. The Morgan fingerprint density at radius 2 is 2.11 bits per heavy atom. The third-order valence-electron chi connectivity index (χ3n) is 3.40. The highest BCUT2D eigenvalue weighted by Crippen LogP contribution is 2.18. The second-order valence-electron chi connectivity index (χ2n) is 4.62. The standard InChI is InChI=1S/C13H17NO4/c15-12(2-1-10-5-8-18-9-10)14-6-3-11(4-7-14)13(16)17/h5,8-9,11H,1-4,6-7H2,(H,16,17). The third kappa shape index (κ3) is 3.12. The zero-order chi connectivity index (χ0) is 13.0. The van der Waals surface area contributed by atoms with Crippen LogP contribution in [0.1, 0.15) is 24.8 Å². The maximum atomic E-state index is 11.9. The summed E-state index contributed by atoms with van der Waals surface area (Å²) in [4.78, 5) is 24.5. The number of aryl methyl sites for hydroxylation is 1. The average Bonchev–Trinajstić information content (AvgIpc) is 2.89. The Hall–Kier alpha value is -1.78. The van der Waals surface area contributed by atoms with E-state index in [1.165, 1.54) is 0 Å². The van der Waals surface area contributed by atoms with Crippen molar-refractivity contribution in [3.63, 3.8) is 0 Å². The molecule has 1 aromatic rings. The molecule has 2 heterocycles. The number of piperidine rings is 1. The predicted molar refractivity (Wildman–Crippen MR) is 64.0 cm³/mol. The number of carbonyl (C=O) groups is 2. The molecule has 0 unspecified atom stereocenters. The maximum absolute atomic E-state index is 11.9. The van der Waals surface area contributed by atoms with Crippen LogP contribution >= 0.6 is 0 Å². The molecule has 1 aromatic heterocycles. The van der Waals surface area contributed by atoms with Gasteiger partial charge in [-0.05, 0) is 30.9 Å². The average molecular weight is 251 g/mol. The molecule has 0 spiro atoms. The van der Waals surface area contributed by atoms with Crippen molar-refractivity contribution in [1.29, 1.82) is 0 Å². The molecular formula is C13H17NO4. The molecule has 0 aliphatic carbocycles. The summed E-state index contributed by atoms with van der Waals surface area (Å²) in [6.45, 7) is 1.11. The Labute approximate surface area is 105 Å². The summed E-state index contributed by atoms with van der Waals surface area (Å²) in [7, 11) is 0. The first kappa shape index (κ1) is 12.7. The number of aliphatic carboxylic acids is 1. The van der Waals surface area contributed by atoms with E-state index in [0.29, 0.717) is 38.8 Å². The maximum Gasteiger partial charge on any atom is 0.306 e. The van der Waals surface area contributed by atoms with Crippen molar-refractivity contribution >= 4 is 11.9 Å². The van der Waals surface area contributed by atoms with Gasteiger partial charge in [-0.15, -0.1) is 0 Å². The molecule has 5 heteroatoms. The Morgan fingerprint density at radius 1 is 1.39 bits per heavy atom. The molecule has 0 saturated carbocycles. The van der Waals surface area contributed by atoms with Crippen LogP contribution in [0.15, 0.2) is 23.0 Å². The number of amides is 1. The van der Waals surface area contributed by atoms with Gasteiger partial charge in [0.25, 0.3) is 0 Å². The molecule has 1 N–H and O–H groups in total. The minimum absolute atomic E-state index is 0.0973. The van der Waals surface area contributed by atoms with Crippen molar-refractivity contribution in [2.45, 2.75) is 25.7 Å². The van der Waals surface area contributed by atoms with Gasteiger partial charge in [-0.1, -0.05) is 0 Å². The Balaban J connectivity index is 1.75. The van der Waals surface area contributed by atoms with Gasteiger partial charge in [-0.2, -0.15) is 0 Å². The van der Waals surface area contributed by atoms with Crippen molar-refractivity contribution in [3.8, 4) is 0 Å². The van der Waals surface area contributed by atoms with Crippen LogP contribution in [0.3, 0.4) is 0 Å². The Bertz CT molecular complexity index is 405. The SMILES string of the molecule is O=C(O)C1CCN(C(=O)CCc2ccoc2)CC1. The number of carboxylic acids is 1. The molecule has 0 radical (unpaired) electrons. The number of likely N-dealkylation sites (tertiary alicyclic amines) is 1. The summed E-state index contributed by atoms with van der Waals surface area (Å²) in [6.07, 6.45) is 5.49. The Kier molecular flexibility index (Phi) is 4.02. The lowest BCUT2D eigenvalue weighted by molar-refractivity contribution is -0.145. The number of nitrogens with zero attached hydrogens (tertiary/aromatic N) is 1. The first-order valence-electron chi connectivity index (χ1n) is 6.18. The van der Waals surface area contributed by atoms with Crippen LogP contribution in [0.25, 0.3) is 0 Å². The zero-order valence-corrected chi connectivity index (χ0v) is 10.2. The fourth-order valence-corrected chi connectivity index (χ4v) is 2.22. The molecule has 1 aliphatic rings. The lowest BCUT2D eigenvalue weighted by atomic mass is 9.97. The van der Waals surface area contributed by atoms with Gasteiger partial charge in [0.1, 0.15) is 0 Å². The second kappa shape index (κ2) is 5.71. The predicted octanol–water partition coefficient (Wildman–Crippen LogP) is 1.54. The molecule has 1 amide bonds. The molecule has 1 saturated heterocycles. The summed E-state index contributed by atoms with van der Waals surface area (Å²) >= 11 is 0. The van der Waals surface area contributed by atoms with Gasteiger partial charge in [0.05, 0.1) is 18.4 Å². The summed E-state index contributed by atoms with van der Waals surface area (Å²) in [6, 6.07) is 1.85. The third-order valence-corrected chi connectivity index (χ3v) is 3.40. The van der Waals surface area contributed by atoms with Crippen molar-refractivity contribution in [2.75, 3.05) is 13.1 Å². The van der Waals surface area contributed by atoms with E-state index in [2.05, 4.69) is 0 Å². The van der Waals surface area contributed by atoms with Crippen LogP contribution in [0.5, 0.6) is 0 Å². The van der Waals surface area contributed by atoms with Crippen molar-refractivity contribution in [2.24, 2.45) is 5.92 Å². The van der Waals surface area contributed by atoms with E-state index in [9.17, 15) is 9.59 Å². The van der Waals surface area contributed by atoms with Gasteiger partial charge in [-0.3, -0.25) is 9.59 Å². The van der Waals surface area contributed by atoms with Gasteiger partial charge in [0.2, 0.25) is 5.91 Å². The molecule has 0 bridgehead atoms. The highest BCUT2D eigenvalue weighted by atomic mass is 16.4. The Morgan fingerprint density at radius 3 is 2.67 bits per heavy atom. The number of carbonyl (C=O) groups excluding carboxylic acids is 1. The van der Waals surface area contributed by atoms with Gasteiger partial charge < -0.3 is 14.4 Å². The van der Waals surface area contributed by atoms with E-state index in [-0.39, 0.29) is 11.8 Å². The minimum atomic E-state index is -0.750. The lowest BCUT2D eigenvalue weighted by Gasteiger charge is -2.30.